The molecule has 0 saturated heterocycles. The summed E-state index contributed by atoms with van der Waals surface area (Å²) in [5.74, 6) is 0. The standard InChI is InChI=1S/C18H21N.ClH/c1-13-8-14(2)18-11-17(10-16(18)9-13)19-12-15-6-4-3-5-7-15;/h3-9,17,19H,10-12H2,1-2H3;1H. The third kappa shape index (κ3) is 3.23. The van der Waals surface area contributed by atoms with Gasteiger partial charge in [-0.25, -0.2) is 0 Å². The molecule has 1 nitrogen and oxygen atoms in total. The molecule has 1 atom stereocenters. The molecule has 0 amide bonds. The first-order chi connectivity index (χ1) is 9.22. The Bertz CT molecular complexity index is 577. The molecular weight excluding hydrogens is 266 g/mol. The lowest BCUT2D eigenvalue weighted by molar-refractivity contribution is 0.532. The van der Waals surface area contributed by atoms with Crippen molar-refractivity contribution in [1.82, 2.24) is 5.32 Å². The summed E-state index contributed by atoms with van der Waals surface area (Å²) >= 11 is 0. The molecule has 0 bridgehead atoms. The first-order valence-electron chi connectivity index (χ1n) is 7.08. The van der Waals surface area contributed by atoms with Crippen molar-refractivity contribution in [1.29, 1.82) is 0 Å². The molecule has 2 heteroatoms. The highest BCUT2D eigenvalue weighted by atomic mass is 35.5. The van der Waals surface area contributed by atoms with Gasteiger partial charge < -0.3 is 5.32 Å². The Hall–Kier alpha value is -1.31. The molecule has 1 N–H and O–H groups in total. The maximum absolute atomic E-state index is 3.69. The Morgan fingerprint density at radius 2 is 1.80 bits per heavy atom. The van der Waals surface area contributed by atoms with E-state index in [1.54, 1.807) is 11.1 Å². The van der Waals surface area contributed by atoms with Crippen LogP contribution in [0.3, 0.4) is 0 Å². The highest BCUT2D eigenvalue weighted by Crippen LogP contribution is 2.26. The van der Waals surface area contributed by atoms with E-state index in [0.717, 1.165) is 6.54 Å². The van der Waals surface area contributed by atoms with E-state index in [1.165, 1.54) is 29.5 Å². The normalized spacial score (nSPS) is 16.6. The van der Waals surface area contributed by atoms with Crippen LogP contribution in [0.1, 0.15) is 27.8 Å². The second kappa shape index (κ2) is 6.43. The number of aryl methyl sites for hydroxylation is 2. The van der Waals surface area contributed by atoms with E-state index in [2.05, 4.69) is 61.6 Å². The van der Waals surface area contributed by atoms with Gasteiger partial charge in [-0.1, -0.05) is 48.0 Å². The van der Waals surface area contributed by atoms with Gasteiger partial charge in [-0.05, 0) is 48.9 Å². The molecule has 1 unspecified atom stereocenters. The third-order valence-electron chi connectivity index (χ3n) is 4.06. The average molecular weight is 288 g/mol. The summed E-state index contributed by atoms with van der Waals surface area (Å²) < 4.78 is 0. The van der Waals surface area contributed by atoms with Crippen molar-refractivity contribution in [2.24, 2.45) is 0 Å². The van der Waals surface area contributed by atoms with Crippen LogP contribution in [0.25, 0.3) is 0 Å². The topological polar surface area (TPSA) is 12.0 Å². The average Bonchev–Trinajstić information content (AvgIpc) is 2.81. The molecule has 0 aromatic heterocycles. The quantitative estimate of drug-likeness (QED) is 0.900. The lowest BCUT2D eigenvalue weighted by Gasteiger charge is -2.11. The van der Waals surface area contributed by atoms with Crippen LogP contribution in [-0.2, 0) is 19.4 Å². The number of benzene rings is 2. The predicted octanol–water partition coefficient (Wildman–Crippen LogP) is 3.98. The summed E-state index contributed by atoms with van der Waals surface area (Å²) in [6.45, 7) is 5.40. The monoisotopic (exact) mass is 287 g/mol. The molecule has 0 radical (unpaired) electrons. The molecule has 0 aliphatic heterocycles. The number of hydrogen-bond acceptors (Lipinski definition) is 1. The van der Waals surface area contributed by atoms with E-state index in [4.69, 9.17) is 0 Å². The largest absolute Gasteiger partial charge is 0.309 e. The van der Waals surface area contributed by atoms with Gasteiger partial charge in [-0.2, -0.15) is 0 Å². The van der Waals surface area contributed by atoms with E-state index >= 15 is 0 Å². The minimum absolute atomic E-state index is 0. The molecule has 1 aliphatic rings. The fourth-order valence-corrected chi connectivity index (χ4v) is 3.15. The van der Waals surface area contributed by atoms with E-state index in [9.17, 15) is 0 Å². The fraction of sp³-hybridized carbons (Fsp3) is 0.333. The second-order valence-electron chi connectivity index (χ2n) is 5.69. The molecule has 0 fully saturated rings. The molecular formula is C18H22ClN. The Kier molecular flexibility index (Phi) is 4.85. The van der Waals surface area contributed by atoms with Crippen molar-refractivity contribution in [3.05, 3.63) is 70.3 Å². The molecule has 3 rings (SSSR count). The smallest absolute Gasteiger partial charge is 0.0208 e. The maximum Gasteiger partial charge on any atom is 0.0208 e. The number of fused-ring (bicyclic) bond motifs is 1. The molecule has 106 valence electrons. The van der Waals surface area contributed by atoms with Crippen molar-refractivity contribution in [3.8, 4) is 0 Å². The molecule has 0 spiro atoms. The summed E-state index contributed by atoms with van der Waals surface area (Å²) in [7, 11) is 0. The molecule has 0 heterocycles. The third-order valence-corrected chi connectivity index (χ3v) is 4.06. The Labute approximate surface area is 127 Å². The van der Waals surface area contributed by atoms with Gasteiger partial charge >= 0.3 is 0 Å². The van der Waals surface area contributed by atoms with E-state index in [0.29, 0.717) is 6.04 Å². The van der Waals surface area contributed by atoms with Gasteiger partial charge in [0, 0.05) is 12.6 Å². The zero-order valence-corrected chi connectivity index (χ0v) is 13.0. The van der Waals surface area contributed by atoms with Crippen LogP contribution in [-0.4, -0.2) is 6.04 Å². The Morgan fingerprint density at radius 1 is 1.05 bits per heavy atom. The van der Waals surface area contributed by atoms with Gasteiger partial charge in [0.2, 0.25) is 0 Å². The van der Waals surface area contributed by atoms with Crippen molar-refractivity contribution in [3.63, 3.8) is 0 Å². The molecule has 2 aromatic carbocycles. The highest BCUT2D eigenvalue weighted by molar-refractivity contribution is 5.85. The SMILES string of the molecule is Cc1cc(C)c2c(c1)CC(NCc1ccccc1)C2.Cl. The molecule has 20 heavy (non-hydrogen) atoms. The number of hydrogen-bond donors (Lipinski definition) is 1. The molecule has 0 saturated carbocycles. The van der Waals surface area contributed by atoms with Gasteiger partial charge in [0.1, 0.15) is 0 Å². The molecule has 1 aliphatic carbocycles. The fourth-order valence-electron chi connectivity index (χ4n) is 3.15. The lowest BCUT2D eigenvalue weighted by atomic mass is 10.0. The summed E-state index contributed by atoms with van der Waals surface area (Å²) in [4.78, 5) is 0. The maximum atomic E-state index is 3.69. The number of rotatable bonds is 3. The van der Waals surface area contributed by atoms with Crippen LogP contribution in [0.2, 0.25) is 0 Å². The Morgan fingerprint density at radius 3 is 2.55 bits per heavy atom. The zero-order valence-electron chi connectivity index (χ0n) is 12.1. The van der Waals surface area contributed by atoms with Crippen LogP contribution >= 0.6 is 12.4 Å². The van der Waals surface area contributed by atoms with Crippen LogP contribution in [0.15, 0.2) is 42.5 Å². The van der Waals surface area contributed by atoms with Gasteiger partial charge in [0.15, 0.2) is 0 Å². The van der Waals surface area contributed by atoms with Crippen LogP contribution in [0.5, 0.6) is 0 Å². The van der Waals surface area contributed by atoms with E-state index in [-0.39, 0.29) is 12.4 Å². The van der Waals surface area contributed by atoms with Crippen molar-refractivity contribution in [2.75, 3.05) is 0 Å². The van der Waals surface area contributed by atoms with Crippen LogP contribution < -0.4 is 5.32 Å². The van der Waals surface area contributed by atoms with E-state index in [1.807, 2.05) is 0 Å². The first-order valence-corrected chi connectivity index (χ1v) is 7.08. The predicted molar refractivity (Wildman–Crippen MR) is 87.6 cm³/mol. The van der Waals surface area contributed by atoms with E-state index < -0.39 is 0 Å². The first kappa shape index (κ1) is 15.1. The van der Waals surface area contributed by atoms with Gasteiger partial charge in [-0.15, -0.1) is 12.4 Å². The van der Waals surface area contributed by atoms with Crippen molar-refractivity contribution < 1.29 is 0 Å². The second-order valence-corrected chi connectivity index (χ2v) is 5.69. The van der Waals surface area contributed by atoms with Gasteiger partial charge in [0.25, 0.3) is 0 Å². The molecule has 2 aromatic rings. The van der Waals surface area contributed by atoms with Crippen LogP contribution in [0, 0.1) is 13.8 Å². The summed E-state index contributed by atoms with van der Waals surface area (Å²) in [5, 5.41) is 3.69. The lowest BCUT2D eigenvalue weighted by Crippen LogP contribution is -2.28. The zero-order chi connectivity index (χ0) is 13.2. The van der Waals surface area contributed by atoms with Gasteiger partial charge in [0.05, 0.1) is 0 Å². The minimum atomic E-state index is 0. The Balaban J connectivity index is 0.00000147. The van der Waals surface area contributed by atoms with Gasteiger partial charge in [-0.3, -0.25) is 0 Å². The van der Waals surface area contributed by atoms with Crippen LogP contribution in [0.4, 0.5) is 0 Å². The summed E-state index contributed by atoms with van der Waals surface area (Å²) in [5.41, 5.74) is 7.32. The summed E-state index contributed by atoms with van der Waals surface area (Å²) in [6, 6.07) is 15.9. The van der Waals surface area contributed by atoms with Crippen molar-refractivity contribution >= 4 is 12.4 Å². The highest BCUT2D eigenvalue weighted by Gasteiger charge is 2.22. The summed E-state index contributed by atoms with van der Waals surface area (Å²) in [6.07, 6.45) is 2.35. The van der Waals surface area contributed by atoms with Crippen molar-refractivity contribution in [2.45, 2.75) is 39.3 Å². The number of nitrogens with one attached hydrogen (secondary N) is 1. The minimum Gasteiger partial charge on any atom is -0.309 e. The number of halogens is 1.